The van der Waals surface area contributed by atoms with Gasteiger partial charge in [0.25, 0.3) is 5.91 Å². The minimum absolute atomic E-state index is 0.108. The average molecular weight is 235 g/mol. The largest absolute Gasteiger partial charge is 0.273 e. The van der Waals surface area contributed by atoms with Crippen molar-refractivity contribution in [1.82, 2.24) is 15.8 Å². The Morgan fingerprint density at radius 3 is 2.53 bits per heavy atom. The van der Waals surface area contributed by atoms with E-state index in [0.29, 0.717) is 12.0 Å². The third-order valence-electron chi connectivity index (χ3n) is 1.93. The van der Waals surface area contributed by atoms with Crippen LogP contribution in [-0.2, 0) is 4.79 Å². The van der Waals surface area contributed by atoms with Gasteiger partial charge in [0.05, 0.1) is 5.56 Å². The van der Waals surface area contributed by atoms with Gasteiger partial charge in [-0.2, -0.15) is 0 Å². The van der Waals surface area contributed by atoms with Crippen LogP contribution in [0.4, 0.5) is 0 Å². The number of rotatable bonds is 2. The molecule has 0 aromatic carbocycles. The molecule has 5 nitrogen and oxygen atoms in total. The highest BCUT2D eigenvalue weighted by Crippen LogP contribution is 2.17. The van der Waals surface area contributed by atoms with Crippen molar-refractivity contribution in [3.05, 3.63) is 30.1 Å². The number of carbonyl (C=O) groups excluding carboxylic acids is 2. The lowest BCUT2D eigenvalue weighted by Crippen LogP contribution is -2.42. The fourth-order valence-corrected chi connectivity index (χ4v) is 1.22. The highest BCUT2D eigenvalue weighted by molar-refractivity contribution is 5.95. The maximum Gasteiger partial charge on any atom is 0.271 e. The first kappa shape index (κ1) is 13.2. The van der Waals surface area contributed by atoms with Crippen molar-refractivity contribution in [2.45, 2.75) is 27.2 Å². The standard InChI is InChI=1S/C12H17N3O2/c1-12(2,3)7-10(16)14-15-11(17)9-5-4-6-13-8-9/h4-6,8H,7H2,1-3H3,(H,14,16)(H,15,17). The number of aromatic nitrogens is 1. The summed E-state index contributed by atoms with van der Waals surface area (Å²) in [7, 11) is 0. The van der Waals surface area contributed by atoms with Crippen LogP contribution in [0.1, 0.15) is 37.6 Å². The average Bonchev–Trinajstić information content (AvgIpc) is 2.25. The number of nitrogens with one attached hydrogen (secondary N) is 2. The molecule has 92 valence electrons. The summed E-state index contributed by atoms with van der Waals surface area (Å²) in [5.41, 5.74) is 5.01. The van der Waals surface area contributed by atoms with Crippen LogP contribution in [0.15, 0.2) is 24.5 Å². The summed E-state index contributed by atoms with van der Waals surface area (Å²) in [4.78, 5) is 26.8. The fourth-order valence-electron chi connectivity index (χ4n) is 1.22. The number of hydrogen-bond acceptors (Lipinski definition) is 3. The molecule has 0 aliphatic carbocycles. The molecule has 1 aromatic heterocycles. The Bertz CT molecular complexity index is 396. The summed E-state index contributed by atoms with van der Waals surface area (Å²) < 4.78 is 0. The van der Waals surface area contributed by atoms with E-state index < -0.39 is 0 Å². The molecule has 1 rings (SSSR count). The molecule has 0 saturated carbocycles. The van der Waals surface area contributed by atoms with Crippen LogP contribution >= 0.6 is 0 Å². The third kappa shape index (κ3) is 5.10. The summed E-state index contributed by atoms with van der Waals surface area (Å²) >= 11 is 0. The van der Waals surface area contributed by atoms with Crippen LogP contribution in [0, 0.1) is 5.41 Å². The minimum Gasteiger partial charge on any atom is -0.273 e. The van der Waals surface area contributed by atoms with Crippen LogP contribution in [0.25, 0.3) is 0 Å². The van der Waals surface area contributed by atoms with E-state index in [2.05, 4.69) is 15.8 Å². The Labute approximate surface area is 101 Å². The maximum absolute atomic E-state index is 11.5. The molecular formula is C12H17N3O2. The van der Waals surface area contributed by atoms with E-state index in [1.54, 1.807) is 18.3 Å². The van der Waals surface area contributed by atoms with Gasteiger partial charge in [-0.25, -0.2) is 0 Å². The molecule has 0 unspecified atom stereocenters. The second kappa shape index (κ2) is 5.43. The summed E-state index contributed by atoms with van der Waals surface area (Å²) in [6, 6.07) is 3.28. The maximum atomic E-state index is 11.5. The summed E-state index contributed by atoms with van der Waals surface area (Å²) in [5, 5.41) is 0. The molecule has 0 spiro atoms. The van der Waals surface area contributed by atoms with E-state index >= 15 is 0 Å². The summed E-state index contributed by atoms with van der Waals surface area (Å²) in [6.45, 7) is 5.86. The van der Waals surface area contributed by atoms with Crippen molar-refractivity contribution in [3.8, 4) is 0 Å². The number of pyridine rings is 1. The van der Waals surface area contributed by atoms with E-state index in [1.807, 2.05) is 20.8 Å². The van der Waals surface area contributed by atoms with Crippen LogP contribution in [0.5, 0.6) is 0 Å². The quantitative estimate of drug-likeness (QED) is 0.758. The van der Waals surface area contributed by atoms with Crippen molar-refractivity contribution in [2.24, 2.45) is 5.41 Å². The molecular weight excluding hydrogens is 218 g/mol. The van der Waals surface area contributed by atoms with Crippen molar-refractivity contribution < 1.29 is 9.59 Å². The Balaban J connectivity index is 2.42. The van der Waals surface area contributed by atoms with Gasteiger partial charge in [0.15, 0.2) is 0 Å². The number of hydrogen-bond donors (Lipinski definition) is 2. The van der Waals surface area contributed by atoms with Gasteiger partial charge in [0.1, 0.15) is 0 Å². The number of hydrazine groups is 1. The molecule has 17 heavy (non-hydrogen) atoms. The van der Waals surface area contributed by atoms with E-state index in [0.717, 1.165) is 0 Å². The first-order chi connectivity index (χ1) is 7.88. The zero-order chi connectivity index (χ0) is 12.9. The lowest BCUT2D eigenvalue weighted by atomic mass is 9.92. The predicted octanol–water partition coefficient (Wildman–Crippen LogP) is 1.28. The van der Waals surface area contributed by atoms with Crippen molar-refractivity contribution in [3.63, 3.8) is 0 Å². The molecule has 0 saturated heterocycles. The lowest BCUT2D eigenvalue weighted by Gasteiger charge is -2.17. The molecule has 2 N–H and O–H groups in total. The lowest BCUT2D eigenvalue weighted by molar-refractivity contribution is -0.123. The molecule has 0 atom stereocenters. The smallest absolute Gasteiger partial charge is 0.271 e. The minimum atomic E-state index is -0.375. The van der Waals surface area contributed by atoms with Gasteiger partial charge in [-0.3, -0.25) is 25.4 Å². The van der Waals surface area contributed by atoms with Crippen molar-refractivity contribution in [1.29, 1.82) is 0 Å². The molecule has 0 fully saturated rings. The highest BCUT2D eigenvalue weighted by Gasteiger charge is 2.16. The molecule has 1 heterocycles. The van der Waals surface area contributed by atoms with Gasteiger partial charge in [-0.1, -0.05) is 20.8 Å². The SMILES string of the molecule is CC(C)(C)CC(=O)NNC(=O)c1cccnc1. The van der Waals surface area contributed by atoms with Gasteiger partial charge >= 0.3 is 0 Å². The Morgan fingerprint density at radius 2 is 2.00 bits per heavy atom. The highest BCUT2D eigenvalue weighted by atomic mass is 16.2. The zero-order valence-electron chi connectivity index (χ0n) is 10.3. The van der Waals surface area contributed by atoms with Crippen molar-refractivity contribution in [2.75, 3.05) is 0 Å². The molecule has 5 heteroatoms. The van der Waals surface area contributed by atoms with E-state index in [9.17, 15) is 9.59 Å². The number of amides is 2. The van der Waals surface area contributed by atoms with Gasteiger partial charge in [0.2, 0.25) is 5.91 Å². The molecule has 0 aliphatic rings. The molecule has 0 aliphatic heterocycles. The van der Waals surface area contributed by atoms with Gasteiger partial charge in [-0.15, -0.1) is 0 Å². The normalized spacial score (nSPS) is 10.8. The predicted molar refractivity (Wildman–Crippen MR) is 63.9 cm³/mol. The Hall–Kier alpha value is -1.91. The second-order valence-electron chi connectivity index (χ2n) is 4.98. The van der Waals surface area contributed by atoms with E-state index in [4.69, 9.17) is 0 Å². The topological polar surface area (TPSA) is 71.1 Å². The van der Waals surface area contributed by atoms with Gasteiger partial charge < -0.3 is 0 Å². The van der Waals surface area contributed by atoms with Crippen molar-refractivity contribution >= 4 is 11.8 Å². The fraction of sp³-hybridized carbons (Fsp3) is 0.417. The second-order valence-corrected chi connectivity index (χ2v) is 4.98. The molecule has 2 amide bonds. The molecule has 0 bridgehead atoms. The van der Waals surface area contributed by atoms with Gasteiger partial charge in [0, 0.05) is 18.8 Å². The van der Waals surface area contributed by atoms with E-state index in [-0.39, 0.29) is 17.2 Å². The molecule has 0 radical (unpaired) electrons. The van der Waals surface area contributed by atoms with Crippen LogP contribution < -0.4 is 10.9 Å². The van der Waals surface area contributed by atoms with Crippen LogP contribution in [0.3, 0.4) is 0 Å². The van der Waals surface area contributed by atoms with Gasteiger partial charge in [-0.05, 0) is 17.5 Å². The summed E-state index contributed by atoms with van der Waals surface area (Å²) in [5.74, 6) is -0.588. The van der Waals surface area contributed by atoms with Crippen LogP contribution in [0.2, 0.25) is 0 Å². The first-order valence-electron chi connectivity index (χ1n) is 5.38. The molecule has 1 aromatic rings. The number of carbonyl (C=O) groups is 2. The third-order valence-corrected chi connectivity index (χ3v) is 1.93. The Kier molecular flexibility index (Phi) is 4.20. The van der Waals surface area contributed by atoms with Crippen LogP contribution in [-0.4, -0.2) is 16.8 Å². The zero-order valence-corrected chi connectivity index (χ0v) is 10.3. The van der Waals surface area contributed by atoms with E-state index in [1.165, 1.54) is 6.20 Å². The first-order valence-corrected chi connectivity index (χ1v) is 5.38. The summed E-state index contributed by atoms with van der Waals surface area (Å²) in [6.07, 6.45) is 3.36. The monoisotopic (exact) mass is 235 g/mol. The number of nitrogens with zero attached hydrogens (tertiary/aromatic N) is 1. The Morgan fingerprint density at radius 1 is 1.29 bits per heavy atom.